The molecule has 8 aliphatic rings. The van der Waals surface area contributed by atoms with Crippen molar-refractivity contribution in [3.8, 4) is 0 Å². The van der Waals surface area contributed by atoms with E-state index in [9.17, 15) is 49.0 Å². The molecule has 4 heterocycles. The standard InChI is InChI=1S/C62H78N8O10.C2H6/c1-61(2)49-39-45(69(77)78)29-33-51(49)63(53(61)35-31-47-55(71)65(41-21-11-7-12-22-41)59(75)66(56(47)72)42-23-13-8-14-24-42)37-19-5-6-20-38-64-52-34-30-46(70(79)80)40-50(52)62(3,4)54(64)36-32-48-57(73)67(43-25-15-9-16-26-43)60(76)68(58(48)74)44-27-17-10-18-28-44;1-2/h29-36,39-44H,5-28,37-38H2,1-4H3;1-2H3/b53-35-,54-36+;. The Morgan fingerprint density at radius 3 is 0.988 bits per heavy atom. The van der Waals surface area contributed by atoms with Crippen LogP contribution in [0.4, 0.5) is 32.3 Å². The van der Waals surface area contributed by atoms with Crippen LogP contribution in [0.15, 0.2) is 83.2 Å². The minimum Gasteiger partial charge on any atom is -0.344 e. The highest BCUT2D eigenvalue weighted by molar-refractivity contribution is 6.30. The largest absolute Gasteiger partial charge is 0.344 e. The monoisotopic (exact) mass is 1120 g/mol. The van der Waals surface area contributed by atoms with Crippen LogP contribution in [0.25, 0.3) is 0 Å². The number of anilines is 2. The first-order valence-corrected chi connectivity index (χ1v) is 30.8. The maximum Gasteiger partial charge on any atom is 0.334 e. The topological polar surface area (TPSA) is 208 Å². The summed E-state index contributed by atoms with van der Waals surface area (Å²) in [5, 5.41) is 24.2. The fourth-order valence-electron chi connectivity index (χ4n) is 14.5. The number of allylic oxidation sites excluding steroid dienone is 6. The summed E-state index contributed by atoms with van der Waals surface area (Å²) in [5.41, 5.74) is 2.90. The Kier molecular flexibility index (Phi) is 18.4. The predicted molar refractivity (Wildman–Crippen MR) is 315 cm³/mol. The maximum atomic E-state index is 14.5. The van der Waals surface area contributed by atoms with Crippen LogP contribution in [0.3, 0.4) is 0 Å². The molecule has 82 heavy (non-hydrogen) atoms. The normalized spacial score (nSPS) is 23.0. The highest BCUT2D eigenvalue weighted by atomic mass is 16.6. The van der Waals surface area contributed by atoms with Gasteiger partial charge in [0.05, 0.1) is 9.85 Å². The van der Waals surface area contributed by atoms with Gasteiger partial charge in [0, 0.05) is 95.1 Å². The average molecular weight is 1130 g/mol. The molecule has 18 heteroatoms. The Hall–Kier alpha value is -6.98. The number of imide groups is 4. The number of carbonyl (C=O) groups excluding carboxylic acids is 6. The smallest absolute Gasteiger partial charge is 0.334 e. The van der Waals surface area contributed by atoms with E-state index in [0.29, 0.717) is 77.3 Å². The number of rotatable bonds is 15. The molecule has 18 nitrogen and oxygen atoms in total. The lowest BCUT2D eigenvalue weighted by atomic mass is 9.83. The molecule has 8 amide bonds. The van der Waals surface area contributed by atoms with Crippen LogP contribution in [-0.4, -0.2) is 102 Å². The zero-order chi connectivity index (χ0) is 58.6. The van der Waals surface area contributed by atoms with Crippen LogP contribution in [0.1, 0.15) is 207 Å². The Bertz CT molecular complexity index is 2690. The number of non-ortho nitro benzene ring substituents is 2. The number of hydrogen-bond donors (Lipinski definition) is 0. The van der Waals surface area contributed by atoms with Crippen molar-refractivity contribution in [1.29, 1.82) is 0 Å². The molecule has 0 atom stereocenters. The summed E-state index contributed by atoms with van der Waals surface area (Å²) < 4.78 is 0. The number of amides is 8. The lowest BCUT2D eigenvalue weighted by Crippen LogP contribution is -2.62. The number of fused-ring (bicyclic) bond motifs is 2. The summed E-state index contributed by atoms with van der Waals surface area (Å²) in [5.74, 6) is -2.28. The third-order valence-electron chi connectivity index (χ3n) is 18.9. The van der Waals surface area contributed by atoms with E-state index in [0.717, 1.165) is 124 Å². The van der Waals surface area contributed by atoms with Crippen molar-refractivity contribution < 1.29 is 38.6 Å². The molecule has 4 saturated carbocycles. The molecule has 4 aliphatic heterocycles. The Morgan fingerprint density at radius 2 is 0.720 bits per heavy atom. The van der Waals surface area contributed by atoms with Gasteiger partial charge in [0.25, 0.3) is 35.0 Å². The second kappa shape index (κ2) is 25.3. The molecular formula is C64H84N8O10. The molecule has 0 radical (unpaired) electrons. The molecule has 0 unspecified atom stereocenters. The second-order valence-electron chi connectivity index (χ2n) is 24.6. The molecule has 0 N–H and O–H groups in total. The van der Waals surface area contributed by atoms with Gasteiger partial charge in [-0.05, 0) is 112 Å². The van der Waals surface area contributed by atoms with Crippen molar-refractivity contribution in [2.45, 2.75) is 231 Å². The van der Waals surface area contributed by atoms with Gasteiger partial charge in [-0.1, -0.05) is 131 Å². The minimum atomic E-state index is -0.769. The molecule has 4 aliphatic carbocycles. The zero-order valence-electron chi connectivity index (χ0n) is 49.1. The van der Waals surface area contributed by atoms with Gasteiger partial charge in [0.1, 0.15) is 11.1 Å². The average Bonchev–Trinajstić information content (AvgIpc) is 3.81. The molecule has 6 fully saturated rings. The van der Waals surface area contributed by atoms with Crippen LogP contribution >= 0.6 is 0 Å². The van der Waals surface area contributed by atoms with E-state index in [1.54, 1.807) is 48.6 Å². The fraction of sp³-hybridized carbons (Fsp3) is 0.594. The molecule has 2 saturated heterocycles. The van der Waals surface area contributed by atoms with E-state index in [1.807, 2.05) is 41.5 Å². The lowest BCUT2D eigenvalue weighted by molar-refractivity contribution is -0.385. The first-order valence-electron chi connectivity index (χ1n) is 30.8. The summed E-state index contributed by atoms with van der Waals surface area (Å²) >= 11 is 0. The van der Waals surface area contributed by atoms with Crippen molar-refractivity contribution >= 4 is 58.4 Å². The highest BCUT2D eigenvalue weighted by Crippen LogP contribution is 2.51. The summed E-state index contributed by atoms with van der Waals surface area (Å²) in [6.45, 7) is 13.0. The highest BCUT2D eigenvalue weighted by Gasteiger charge is 2.50. The summed E-state index contributed by atoms with van der Waals surface area (Å²) in [6, 6.07) is 7.59. The molecule has 440 valence electrons. The van der Waals surface area contributed by atoms with Gasteiger partial charge in [-0.15, -0.1) is 0 Å². The lowest BCUT2D eigenvalue weighted by Gasteiger charge is -2.43. The van der Waals surface area contributed by atoms with E-state index in [4.69, 9.17) is 0 Å². The van der Waals surface area contributed by atoms with Crippen LogP contribution in [-0.2, 0) is 30.0 Å². The summed E-state index contributed by atoms with van der Waals surface area (Å²) in [6.07, 6.45) is 26.7. The SMILES string of the molecule is CC.CC1(C)/C(=C/C=C2C(=O)N(C3CCCCC3)C(=O)N(C3CCCCC3)C2=O)N(CCCCCCN2/C(=C/C=C3C(=O)N(C4CCCCC4)C(=O)N(C4CCCCC4)C3=O)C(C)(C)c3cc([N+](=O)[O-])ccc32)c2ccc([N+](=O)[O-])cc21. The van der Waals surface area contributed by atoms with E-state index in [1.165, 1.54) is 31.7 Å². The van der Waals surface area contributed by atoms with Gasteiger partial charge < -0.3 is 9.80 Å². The van der Waals surface area contributed by atoms with E-state index in [2.05, 4.69) is 9.80 Å². The van der Waals surface area contributed by atoms with Crippen LogP contribution in [0.5, 0.6) is 0 Å². The van der Waals surface area contributed by atoms with Crippen LogP contribution in [0, 0.1) is 20.2 Å². The molecule has 0 spiro atoms. The van der Waals surface area contributed by atoms with Crippen molar-refractivity contribution in [1.82, 2.24) is 19.6 Å². The third-order valence-corrected chi connectivity index (χ3v) is 18.9. The number of hydrogen-bond acceptors (Lipinski definition) is 12. The third kappa shape index (κ3) is 11.4. The zero-order valence-corrected chi connectivity index (χ0v) is 49.1. The number of nitrogens with zero attached hydrogens (tertiary/aromatic N) is 8. The molecular weight excluding hydrogens is 1040 g/mol. The number of carbonyl (C=O) groups is 6. The molecule has 2 aromatic rings. The van der Waals surface area contributed by atoms with Crippen LogP contribution < -0.4 is 9.80 Å². The Balaban J connectivity index is 0.00000401. The fourth-order valence-corrected chi connectivity index (χ4v) is 14.5. The van der Waals surface area contributed by atoms with Gasteiger partial charge in [0.2, 0.25) is 0 Å². The van der Waals surface area contributed by atoms with Crippen LogP contribution in [0.2, 0.25) is 0 Å². The molecule has 0 bridgehead atoms. The number of unbranched alkanes of at least 4 members (excludes halogenated alkanes) is 3. The number of urea groups is 2. The number of nitro benzene ring substituents is 2. The Morgan fingerprint density at radius 1 is 0.439 bits per heavy atom. The summed E-state index contributed by atoms with van der Waals surface area (Å²) in [4.78, 5) is 119. The van der Waals surface area contributed by atoms with Gasteiger partial charge in [-0.25, -0.2) is 9.59 Å². The maximum absolute atomic E-state index is 14.5. The first-order chi connectivity index (χ1) is 39.4. The van der Waals surface area contributed by atoms with Gasteiger partial charge in [0.15, 0.2) is 0 Å². The predicted octanol–water partition coefficient (Wildman–Crippen LogP) is 13.5. The number of nitro groups is 2. The second-order valence-corrected chi connectivity index (χ2v) is 24.6. The van der Waals surface area contributed by atoms with Crippen molar-refractivity contribution in [2.75, 3.05) is 22.9 Å². The number of barbiturate groups is 2. The van der Waals surface area contributed by atoms with Crippen molar-refractivity contribution in [2.24, 2.45) is 0 Å². The molecule has 10 rings (SSSR count). The van der Waals surface area contributed by atoms with Gasteiger partial charge >= 0.3 is 12.1 Å². The minimum absolute atomic E-state index is 0.0421. The molecule has 0 aromatic heterocycles. The van der Waals surface area contributed by atoms with E-state index in [-0.39, 0.29) is 46.7 Å². The quantitative estimate of drug-likeness (QED) is 0.0536. The number of benzene rings is 2. The van der Waals surface area contributed by atoms with E-state index < -0.39 is 56.4 Å². The Labute approximate surface area is 483 Å². The van der Waals surface area contributed by atoms with Crippen molar-refractivity contribution in [3.05, 3.63) is 115 Å². The summed E-state index contributed by atoms with van der Waals surface area (Å²) in [7, 11) is 0. The van der Waals surface area contributed by atoms with E-state index >= 15 is 0 Å². The molecule has 2 aromatic carbocycles. The van der Waals surface area contributed by atoms with Crippen molar-refractivity contribution in [3.63, 3.8) is 0 Å². The van der Waals surface area contributed by atoms with Gasteiger partial charge in [-0.3, -0.25) is 59.0 Å². The van der Waals surface area contributed by atoms with Gasteiger partial charge in [-0.2, -0.15) is 0 Å². The first kappa shape index (κ1) is 59.6.